The quantitative estimate of drug-likeness (QED) is 0.741. The smallest absolute Gasteiger partial charge is 0.306 e. The number of nitrogens with one attached hydrogen (secondary N) is 2. The summed E-state index contributed by atoms with van der Waals surface area (Å²) in [6.45, 7) is 1.91. The third-order valence-corrected chi connectivity index (χ3v) is 6.82. The minimum absolute atomic E-state index is 0.253. The van der Waals surface area contributed by atoms with Crippen molar-refractivity contribution >= 4 is 21.9 Å². The zero-order chi connectivity index (χ0) is 19.3. The van der Waals surface area contributed by atoms with Gasteiger partial charge >= 0.3 is 6.03 Å². The average Bonchev–Trinajstić information content (AvgIpc) is 2.69. The Morgan fingerprint density at radius 3 is 2.22 bits per heavy atom. The van der Waals surface area contributed by atoms with E-state index in [1.165, 1.54) is 28.6 Å². The fraction of sp³-hybridized carbons (Fsp3) is 0.588. The number of hydrogen-bond donors (Lipinski definition) is 2. The zero-order valence-electron chi connectivity index (χ0n) is 15.1. The lowest BCUT2D eigenvalue weighted by Gasteiger charge is -2.35. The molecule has 2 aliphatic heterocycles. The Kier molecular flexibility index (Phi) is 6.64. The number of urea groups is 1. The van der Waals surface area contributed by atoms with E-state index in [1.54, 1.807) is 4.31 Å². The first-order valence-electron chi connectivity index (χ1n) is 9.18. The molecule has 27 heavy (non-hydrogen) atoms. The highest BCUT2D eigenvalue weighted by Crippen LogP contribution is 2.21. The molecule has 8 nitrogen and oxygen atoms in total. The molecule has 2 N–H and O–H groups in total. The molecule has 2 aliphatic rings. The lowest BCUT2D eigenvalue weighted by molar-refractivity contribution is -0.0251. The van der Waals surface area contributed by atoms with Gasteiger partial charge in [-0.05, 0) is 49.9 Å². The molecular formula is C17H25FN4O4S. The molecule has 10 heteroatoms. The Morgan fingerprint density at radius 2 is 1.59 bits per heavy atom. The van der Waals surface area contributed by atoms with E-state index in [4.69, 9.17) is 4.84 Å². The van der Waals surface area contributed by atoms with Gasteiger partial charge in [-0.1, -0.05) is 6.42 Å². The first-order chi connectivity index (χ1) is 12.9. The number of anilines is 1. The Hall–Kier alpha value is -1.75. The van der Waals surface area contributed by atoms with Crippen LogP contribution in [0.25, 0.3) is 0 Å². The van der Waals surface area contributed by atoms with E-state index in [9.17, 15) is 17.6 Å². The molecule has 2 fully saturated rings. The molecule has 0 aromatic heterocycles. The highest BCUT2D eigenvalue weighted by Gasteiger charge is 2.33. The Balaban J connectivity index is 1.41. The second kappa shape index (κ2) is 8.96. The molecule has 0 spiro atoms. The van der Waals surface area contributed by atoms with Crippen LogP contribution in [-0.2, 0) is 15.0 Å². The maximum Gasteiger partial charge on any atom is 0.343 e. The summed E-state index contributed by atoms with van der Waals surface area (Å²) >= 11 is 0. The van der Waals surface area contributed by atoms with Gasteiger partial charge in [-0.25, -0.2) is 14.7 Å². The molecule has 0 atom stereocenters. The minimum atomic E-state index is -3.40. The molecule has 2 saturated heterocycles. The second-order valence-electron chi connectivity index (χ2n) is 6.75. The number of nitrogens with zero attached hydrogens (tertiary/aromatic N) is 2. The van der Waals surface area contributed by atoms with Gasteiger partial charge in [-0.3, -0.25) is 4.84 Å². The number of amides is 2. The van der Waals surface area contributed by atoms with Crippen molar-refractivity contribution in [2.45, 2.75) is 38.2 Å². The summed E-state index contributed by atoms with van der Waals surface area (Å²) in [4.78, 5) is 17.2. The maximum atomic E-state index is 12.8. The molecule has 0 unspecified atom stereocenters. The molecule has 2 amide bonds. The highest BCUT2D eigenvalue weighted by molar-refractivity contribution is 7.86. The first kappa shape index (κ1) is 20.0. The predicted molar refractivity (Wildman–Crippen MR) is 98.6 cm³/mol. The van der Waals surface area contributed by atoms with E-state index in [0.717, 1.165) is 19.3 Å². The van der Waals surface area contributed by atoms with Crippen LogP contribution in [0.3, 0.4) is 0 Å². The third kappa shape index (κ3) is 5.38. The van der Waals surface area contributed by atoms with Gasteiger partial charge in [0.1, 0.15) is 5.82 Å². The molecular weight excluding hydrogens is 375 g/mol. The topological polar surface area (TPSA) is 91.0 Å². The van der Waals surface area contributed by atoms with Crippen LogP contribution < -0.4 is 10.8 Å². The molecule has 0 saturated carbocycles. The van der Waals surface area contributed by atoms with Crippen molar-refractivity contribution in [1.82, 2.24) is 14.1 Å². The maximum absolute atomic E-state index is 12.8. The lowest BCUT2D eigenvalue weighted by Crippen LogP contribution is -2.50. The summed E-state index contributed by atoms with van der Waals surface area (Å²) in [5.74, 6) is -0.386. The number of piperidine rings is 2. The van der Waals surface area contributed by atoms with Crippen molar-refractivity contribution in [2.24, 2.45) is 0 Å². The van der Waals surface area contributed by atoms with Crippen LogP contribution in [0, 0.1) is 5.82 Å². The fourth-order valence-electron chi connectivity index (χ4n) is 3.27. The Bertz CT molecular complexity index is 730. The molecule has 0 bridgehead atoms. The van der Waals surface area contributed by atoms with E-state index in [-0.39, 0.29) is 11.9 Å². The highest BCUT2D eigenvalue weighted by atomic mass is 32.2. The molecule has 0 aliphatic carbocycles. The average molecular weight is 400 g/mol. The van der Waals surface area contributed by atoms with E-state index < -0.39 is 16.2 Å². The summed E-state index contributed by atoms with van der Waals surface area (Å²) < 4.78 is 41.2. The van der Waals surface area contributed by atoms with Crippen LogP contribution in [0.4, 0.5) is 14.9 Å². The van der Waals surface area contributed by atoms with Gasteiger partial charge in [0.25, 0.3) is 10.2 Å². The Labute approximate surface area is 158 Å². The van der Waals surface area contributed by atoms with Crippen molar-refractivity contribution in [2.75, 3.05) is 31.5 Å². The normalized spacial score (nSPS) is 20.3. The summed E-state index contributed by atoms with van der Waals surface area (Å²) in [7, 11) is -3.40. The van der Waals surface area contributed by atoms with Crippen LogP contribution in [0.1, 0.15) is 32.1 Å². The predicted octanol–water partition coefficient (Wildman–Crippen LogP) is 2.07. The number of hydrogen-bond acceptors (Lipinski definition) is 4. The van der Waals surface area contributed by atoms with Crippen molar-refractivity contribution in [3.8, 4) is 0 Å². The lowest BCUT2D eigenvalue weighted by atomic mass is 10.1. The first-order valence-corrected chi connectivity index (χ1v) is 10.6. The van der Waals surface area contributed by atoms with E-state index in [2.05, 4.69) is 10.8 Å². The Morgan fingerprint density at radius 1 is 1.00 bits per heavy atom. The van der Waals surface area contributed by atoms with Crippen molar-refractivity contribution < 1.29 is 22.4 Å². The second-order valence-corrected chi connectivity index (χ2v) is 8.68. The largest absolute Gasteiger partial charge is 0.343 e. The summed E-state index contributed by atoms with van der Waals surface area (Å²) in [5.41, 5.74) is 2.75. The summed E-state index contributed by atoms with van der Waals surface area (Å²) in [6, 6.07) is 4.81. The molecule has 1 aromatic rings. The minimum Gasteiger partial charge on any atom is -0.306 e. The van der Waals surface area contributed by atoms with Crippen LogP contribution in [-0.4, -0.2) is 55.3 Å². The van der Waals surface area contributed by atoms with E-state index >= 15 is 0 Å². The zero-order valence-corrected chi connectivity index (χ0v) is 15.9. The van der Waals surface area contributed by atoms with Gasteiger partial charge in [0.15, 0.2) is 0 Å². The van der Waals surface area contributed by atoms with Crippen molar-refractivity contribution in [3.05, 3.63) is 30.1 Å². The standard InChI is InChI=1S/C17H25FN4O4S/c18-14-4-6-15(7-5-14)19-17(23)20-26-16-8-12-22(13-9-16)27(24,25)21-10-2-1-3-11-21/h4-7,16H,1-3,8-13H2,(H2,19,20,23). The number of halogens is 1. The van der Waals surface area contributed by atoms with Crippen LogP contribution in [0.15, 0.2) is 24.3 Å². The third-order valence-electron chi connectivity index (χ3n) is 4.79. The van der Waals surface area contributed by atoms with Gasteiger partial charge in [-0.2, -0.15) is 17.0 Å². The number of carbonyl (C=O) groups is 1. The molecule has 3 rings (SSSR count). The van der Waals surface area contributed by atoms with Gasteiger partial charge in [0.2, 0.25) is 0 Å². The monoisotopic (exact) mass is 400 g/mol. The summed E-state index contributed by atoms with van der Waals surface area (Å²) in [5, 5.41) is 2.53. The number of carbonyl (C=O) groups excluding carboxylic acids is 1. The number of hydroxylamine groups is 1. The number of rotatable bonds is 5. The van der Waals surface area contributed by atoms with Gasteiger partial charge in [-0.15, -0.1) is 0 Å². The van der Waals surface area contributed by atoms with Crippen molar-refractivity contribution in [3.63, 3.8) is 0 Å². The van der Waals surface area contributed by atoms with Crippen LogP contribution >= 0.6 is 0 Å². The van der Waals surface area contributed by atoms with Crippen LogP contribution in [0.5, 0.6) is 0 Å². The van der Waals surface area contributed by atoms with Gasteiger partial charge < -0.3 is 5.32 Å². The fourth-order valence-corrected chi connectivity index (χ4v) is 4.98. The van der Waals surface area contributed by atoms with E-state index in [1.807, 2.05) is 0 Å². The molecule has 2 heterocycles. The molecule has 1 aromatic carbocycles. The SMILES string of the molecule is O=C(NOC1CCN(S(=O)(=O)N2CCCCC2)CC1)Nc1ccc(F)cc1. The molecule has 0 radical (unpaired) electrons. The molecule has 150 valence electrons. The summed E-state index contributed by atoms with van der Waals surface area (Å²) in [6.07, 6.45) is 3.65. The van der Waals surface area contributed by atoms with Crippen LogP contribution in [0.2, 0.25) is 0 Å². The van der Waals surface area contributed by atoms with Crippen molar-refractivity contribution in [1.29, 1.82) is 0 Å². The van der Waals surface area contributed by atoms with E-state index in [0.29, 0.717) is 44.7 Å². The number of benzene rings is 1. The van der Waals surface area contributed by atoms with Gasteiger partial charge in [0, 0.05) is 31.9 Å². The van der Waals surface area contributed by atoms with Gasteiger partial charge in [0.05, 0.1) is 6.10 Å².